The standard InChI is InChI=1S/C12H21NO4S/c14-10-6-2-1-5-9(10)13-12(15)11-7-3-4-8-18(11,16)17/h9-11,14H,1-8H2,(H,13,15)/t9-,10-,11?/m0/s1. The van der Waals surface area contributed by atoms with Crippen LogP contribution < -0.4 is 5.32 Å². The van der Waals surface area contributed by atoms with Gasteiger partial charge in [0.25, 0.3) is 0 Å². The van der Waals surface area contributed by atoms with Crippen molar-refractivity contribution in [1.82, 2.24) is 5.32 Å². The van der Waals surface area contributed by atoms with Crippen molar-refractivity contribution in [1.29, 1.82) is 0 Å². The second-order valence-corrected chi connectivity index (χ2v) is 7.62. The molecule has 2 aliphatic rings. The molecule has 1 unspecified atom stereocenters. The summed E-state index contributed by atoms with van der Waals surface area (Å²) in [6.07, 6.45) is 4.67. The van der Waals surface area contributed by atoms with E-state index in [1.165, 1.54) is 0 Å². The first-order chi connectivity index (χ1) is 8.50. The summed E-state index contributed by atoms with van der Waals surface area (Å²) >= 11 is 0. The maximum absolute atomic E-state index is 12.0. The van der Waals surface area contributed by atoms with E-state index < -0.39 is 27.1 Å². The van der Waals surface area contributed by atoms with Crippen LogP contribution in [0, 0.1) is 0 Å². The van der Waals surface area contributed by atoms with Gasteiger partial charge in [-0.2, -0.15) is 0 Å². The summed E-state index contributed by atoms with van der Waals surface area (Å²) in [6, 6.07) is -0.275. The van der Waals surface area contributed by atoms with Gasteiger partial charge in [-0.3, -0.25) is 4.79 Å². The molecular formula is C12H21NO4S. The van der Waals surface area contributed by atoms with Gasteiger partial charge in [0.2, 0.25) is 5.91 Å². The van der Waals surface area contributed by atoms with Crippen molar-refractivity contribution >= 4 is 15.7 Å². The van der Waals surface area contributed by atoms with Crippen LogP contribution in [0.5, 0.6) is 0 Å². The highest BCUT2D eigenvalue weighted by Crippen LogP contribution is 2.22. The lowest BCUT2D eigenvalue weighted by atomic mass is 9.92. The highest BCUT2D eigenvalue weighted by Gasteiger charge is 2.36. The van der Waals surface area contributed by atoms with E-state index in [-0.39, 0.29) is 11.8 Å². The van der Waals surface area contributed by atoms with Crippen molar-refractivity contribution in [3.63, 3.8) is 0 Å². The van der Waals surface area contributed by atoms with E-state index in [1.54, 1.807) is 0 Å². The lowest BCUT2D eigenvalue weighted by Gasteiger charge is -2.30. The van der Waals surface area contributed by atoms with Crippen LogP contribution in [0.25, 0.3) is 0 Å². The maximum Gasteiger partial charge on any atom is 0.238 e. The molecule has 1 aliphatic carbocycles. The summed E-state index contributed by atoms with van der Waals surface area (Å²) in [6.45, 7) is 0. The molecule has 1 amide bonds. The van der Waals surface area contributed by atoms with Crippen LogP contribution in [0.3, 0.4) is 0 Å². The van der Waals surface area contributed by atoms with Crippen LogP contribution in [-0.2, 0) is 14.6 Å². The molecule has 1 heterocycles. The number of aliphatic hydroxyl groups is 1. The summed E-state index contributed by atoms with van der Waals surface area (Å²) in [5, 5.41) is 11.6. The first-order valence-electron chi connectivity index (χ1n) is 6.71. The third-order valence-electron chi connectivity index (χ3n) is 3.93. The van der Waals surface area contributed by atoms with Crippen LogP contribution in [0.1, 0.15) is 44.9 Å². The minimum atomic E-state index is -3.28. The topological polar surface area (TPSA) is 83.5 Å². The lowest BCUT2D eigenvalue weighted by Crippen LogP contribution is -2.51. The fourth-order valence-electron chi connectivity index (χ4n) is 2.80. The van der Waals surface area contributed by atoms with Gasteiger partial charge < -0.3 is 10.4 Å². The molecule has 1 saturated heterocycles. The van der Waals surface area contributed by atoms with E-state index in [9.17, 15) is 18.3 Å². The van der Waals surface area contributed by atoms with Crippen LogP contribution >= 0.6 is 0 Å². The molecule has 104 valence electrons. The zero-order chi connectivity index (χ0) is 13.2. The molecule has 0 aromatic rings. The van der Waals surface area contributed by atoms with E-state index in [4.69, 9.17) is 0 Å². The Balaban J connectivity index is 1.98. The van der Waals surface area contributed by atoms with Crippen molar-refractivity contribution < 1.29 is 18.3 Å². The molecule has 6 heteroatoms. The van der Waals surface area contributed by atoms with Gasteiger partial charge in [-0.15, -0.1) is 0 Å². The average Bonchev–Trinajstić information content (AvgIpc) is 2.31. The largest absolute Gasteiger partial charge is 0.391 e. The Morgan fingerprint density at radius 3 is 2.39 bits per heavy atom. The number of rotatable bonds is 2. The number of hydrogen-bond acceptors (Lipinski definition) is 4. The quantitative estimate of drug-likeness (QED) is 0.763. The van der Waals surface area contributed by atoms with Gasteiger partial charge in [0, 0.05) is 0 Å². The van der Waals surface area contributed by atoms with Crippen LogP contribution in [0.2, 0.25) is 0 Å². The highest BCUT2D eigenvalue weighted by molar-refractivity contribution is 7.92. The molecule has 2 N–H and O–H groups in total. The van der Waals surface area contributed by atoms with Gasteiger partial charge in [-0.05, 0) is 25.7 Å². The molecule has 5 nitrogen and oxygen atoms in total. The van der Waals surface area contributed by atoms with Crippen molar-refractivity contribution in [3.8, 4) is 0 Å². The van der Waals surface area contributed by atoms with Gasteiger partial charge in [0.05, 0.1) is 17.9 Å². The van der Waals surface area contributed by atoms with Crippen LogP contribution in [0.15, 0.2) is 0 Å². The summed E-state index contributed by atoms with van der Waals surface area (Å²) < 4.78 is 23.6. The van der Waals surface area contributed by atoms with Crippen LogP contribution in [-0.4, -0.2) is 42.6 Å². The fourth-order valence-corrected chi connectivity index (χ4v) is 4.62. The third-order valence-corrected chi connectivity index (χ3v) is 6.10. The smallest absolute Gasteiger partial charge is 0.238 e. The normalized spacial score (nSPS) is 35.9. The number of aliphatic hydroxyl groups excluding tert-OH is 1. The monoisotopic (exact) mass is 275 g/mol. The molecule has 0 aromatic heterocycles. The molecule has 3 atom stereocenters. The number of sulfone groups is 1. The predicted octanol–water partition coefficient (Wildman–Crippen LogP) is 0.373. The minimum Gasteiger partial charge on any atom is -0.391 e. The zero-order valence-electron chi connectivity index (χ0n) is 10.5. The third kappa shape index (κ3) is 3.03. The van der Waals surface area contributed by atoms with E-state index in [0.29, 0.717) is 19.3 Å². The number of carbonyl (C=O) groups is 1. The molecule has 1 aliphatic heterocycles. The zero-order valence-corrected chi connectivity index (χ0v) is 11.3. The molecule has 0 spiro atoms. The van der Waals surface area contributed by atoms with E-state index in [0.717, 1.165) is 25.7 Å². The molecule has 18 heavy (non-hydrogen) atoms. The maximum atomic E-state index is 12.0. The Bertz CT molecular complexity index is 406. The molecule has 1 saturated carbocycles. The van der Waals surface area contributed by atoms with E-state index >= 15 is 0 Å². The van der Waals surface area contributed by atoms with Crippen molar-refractivity contribution in [2.45, 2.75) is 62.3 Å². The Hall–Kier alpha value is -0.620. The summed E-state index contributed by atoms with van der Waals surface area (Å²) in [5.74, 6) is -0.307. The Labute approximate surface area is 108 Å². The highest BCUT2D eigenvalue weighted by atomic mass is 32.2. The molecular weight excluding hydrogens is 254 g/mol. The molecule has 2 fully saturated rings. The first kappa shape index (κ1) is 13.8. The van der Waals surface area contributed by atoms with Crippen molar-refractivity contribution in [2.24, 2.45) is 0 Å². The minimum absolute atomic E-state index is 0.109. The van der Waals surface area contributed by atoms with Crippen molar-refractivity contribution in [3.05, 3.63) is 0 Å². The molecule has 0 aromatic carbocycles. The van der Waals surface area contributed by atoms with Gasteiger partial charge in [0.1, 0.15) is 5.25 Å². The second kappa shape index (κ2) is 5.57. The summed E-state index contributed by atoms with van der Waals surface area (Å²) in [5.41, 5.74) is 0. The average molecular weight is 275 g/mol. The first-order valence-corrected chi connectivity index (χ1v) is 8.42. The number of carbonyl (C=O) groups excluding carboxylic acids is 1. The number of nitrogens with one attached hydrogen (secondary N) is 1. The van der Waals surface area contributed by atoms with E-state index in [2.05, 4.69) is 5.32 Å². The Morgan fingerprint density at radius 1 is 1.06 bits per heavy atom. The lowest BCUT2D eigenvalue weighted by molar-refractivity contribution is -0.122. The van der Waals surface area contributed by atoms with E-state index in [1.807, 2.05) is 0 Å². The van der Waals surface area contributed by atoms with Crippen molar-refractivity contribution in [2.75, 3.05) is 5.75 Å². The SMILES string of the molecule is O=C(N[C@H]1CCCC[C@@H]1O)C1CCCCS1(=O)=O. The fraction of sp³-hybridized carbons (Fsp3) is 0.917. The van der Waals surface area contributed by atoms with Gasteiger partial charge in [0.15, 0.2) is 9.84 Å². The number of hydrogen-bond donors (Lipinski definition) is 2. The summed E-state index contributed by atoms with van der Waals surface area (Å²) in [4.78, 5) is 12.0. The molecule has 0 radical (unpaired) electrons. The molecule has 0 bridgehead atoms. The summed E-state index contributed by atoms with van der Waals surface area (Å²) in [7, 11) is -3.28. The van der Waals surface area contributed by atoms with Gasteiger partial charge >= 0.3 is 0 Å². The van der Waals surface area contributed by atoms with Gasteiger partial charge in [-0.1, -0.05) is 19.3 Å². The Kier molecular flexibility index (Phi) is 4.27. The van der Waals surface area contributed by atoms with Crippen LogP contribution in [0.4, 0.5) is 0 Å². The number of amides is 1. The molecule has 2 rings (SSSR count). The predicted molar refractivity (Wildman–Crippen MR) is 67.8 cm³/mol. The second-order valence-electron chi connectivity index (χ2n) is 5.32. The van der Waals surface area contributed by atoms with Gasteiger partial charge in [-0.25, -0.2) is 8.42 Å². The Morgan fingerprint density at radius 2 is 1.72 bits per heavy atom.